The highest BCUT2D eigenvalue weighted by atomic mass is 32.1. The molecule has 120 valence electrons. The van der Waals surface area contributed by atoms with Crippen molar-refractivity contribution in [2.75, 3.05) is 31.2 Å². The minimum absolute atomic E-state index is 0.359. The van der Waals surface area contributed by atoms with E-state index in [0.717, 1.165) is 5.00 Å². The number of benzene rings is 1. The quantitative estimate of drug-likeness (QED) is 0.923. The maximum absolute atomic E-state index is 11.9. The van der Waals surface area contributed by atoms with E-state index < -0.39 is 5.91 Å². The van der Waals surface area contributed by atoms with Crippen LogP contribution in [0.4, 0.5) is 5.00 Å². The van der Waals surface area contributed by atoms with Crippen molar-refractivity contribution < 1.29 is 9.53 Å². The van der Waals surface area contributed by atoms with Crippen LogP contribution in [-0.2, 0) is 4.74 Å². The third-order valence-corrected chi connectivity index (χ3v) is 5.09. The highest BCUT2D eigenvalue weighted by Crippen LogP contribution is 2.41. The fourth-order valence-corrected chi connectivity index (χ4v) is 3.85. The Morgan fingerprint density at radius 2 is 1.83 bits per heavy atom. The number of nitrogens with two attached hydrogens (primary N) is 1. The fourth-order valence-electron chi connectivity index (χ4n) is 2.67. The number of anilines is 1. The van der Waals surface area contributed by atoms with E-state index in [0.29, 0.717) is 53.4 Å². The van der Waals surface area contributed by atoms with E-state index in [1.54, 1.807) is 24.3 Å². The number of primary amides is 1. The SMILES string of the molecule is N#Cc1ccc(-c2c(C(N)=O)sc(N3CCOCC3)c2C#N)cc1. The van der Waals surface area contributed by atoms with Crippen molar-refractivity contribution in [1.82, 2.24) is 0 Å². The molecule has 2 N–H and O–H groups in total. The Labute approximate surface area is 143 Å². The molecule has 1 aromatic carbocycles. The third-order valence-electron chi connectivity index (χ3n) is 3.83. The zero-order chi connectivity index (χ0) is 17.1. The van der Waals surface area contributed by atoms with Crippen molar-refractivity contribution >= 4 is 22.2 Å². The Morgan fingerprint density at radius 3 is 2.38 bits per heavy atom. The number of hydrogen-bond donors (Lipinski definition) is 1. The van der Waals surface area contributed by atoms with Gasteiger partial charge in [-0.25, -0.2) is 0 Å². The lowest BCUT2D eigenvalue weighted by atomic mass is 10.00. The molecule has 1 fully saturated rings. The first-order valence-corrected chi connectivity index (χ1v) is 8.17. The molecule has 0 aliphatic carbocycles. The van der Waals surface area contributed by atoms with Gasteiger partial charge in [-0.15, -0.1) is 11.3 Å². The Morgan fingerprint density at radius 1 is 1.17 bits per heavy atom. The largest absolute Gasteiger partial charge is 0.378 e. The smallest absolute Gasteiger partial charge is 0.259 e. The number of ether oxygens (including phenoxy) is 1. The summed E-state index contributed by atoms with van der Waals surface area (Å²) < 4.78 is 5.35. The van der Waals surface area contributed by atoms with E-state index in [9.17, 15) is 10.1 Å². The average Bonchev–Trinajstić information content (AvgIpc) is 3.02. The summed E-state index contributed by atoms with van der Waals surface area (Å²) in [4.78, 5) is 14.3. The van der Waals surface area contributed by atoms with Crippen LogP contribution >= 0.6 is 11.3 Å². The number of nitrogens with zero attached hydrogens (tertiary/aromatic N) is 3. The van der Waals surface area contributed by atoms with Gasteiger partial charge in [0.15, 0.2) is 0 Å². The van der Waals surface area contributed by atoms with Crippen LogP contribution in [0.3, 0.4) is 0 Å². The summed E-state index contributed by atoms with van der Waals surface area (Å²) in [5.74, 6) is -0.560. The van der Waals surface area contributed by atoms with Gasteiger partial charge < -0.3 is 15.4 Å². The zero-order valence-electron chi connectivity index (χ0n) is 12.8. The van der Waals surface area contributed by atoms with Crippen LogP contribution < -0.4 is 10.6 Å². The molecule has 1 aromatic heterocycles. The third kappa shape index (κ3) is 2.83. The highest BCUT2D eigenvalue weighted by molar-refractivity contribution is 7.18. The number of thiophene rings is 1. The molecule has 7 heteroatoms. The maximum atomic E-state index is 11.9. The Hall–Kier alpha value is -2.87. The van der Waals surface area contributed by atoms with Gasteiger partial charge in [-0.3, -0.25) is 4.79 Å². The second kappa shape index (κ2) is 6.71. The zero-order valence-corrected chi connectivity index (χ0v) is 13.6. The first-order valence-electron chi connectivity index (χ1n) is 7.35. The van der Waals surface area contributed by atoms with Crippen LogP contribution in [0.1, 0.15) is 20.8 Å². The van der Waals surface area contributed by atoms with E-state index in [1.165, 1.54) is 11.3 Å². The summed E-state index contributed by atoms with van der Waals surface area (Å²) in [7, 11) is 0. The van der Waals surface area contributed by atoms with E-state index in [-0.39, 0.29) is 0 Å². The van der Waals surface area contributed by atoms with E-state index in [2.05, 4.69) is 12.1 Å². The number of nitriles is 2. The van der Waals surface area contributed by atoms with E-state index in [1.807, 2.05) is 4.90 Å². The maximum Gasteiger partial charge on any atom is 0.259 e. The lowest BCUT2D eigenvalue weighted by Crippen LogP contribution is -2.36. The van der Waals surface area contributed by atoms with Gasteiger partial charge in [0.2, 0.25) is 0 Å². The first kappa shape index (κ1) is 16.0. The monoisotopic (exact) mass is 338 g/mol. The lowest BCUT2D eigenvalue weighted by molar-refractivity contribution is 0.100. The van der Waals surface area contributed by atoms with Gasteiger partial charge in [-0.2, -0.15) is 10.5 Å². The molecule has 1 aliphatic rings. The molecule has 0 saturated carbocycles. The predicted molar refractivity (Wildman–Crippen MR) is 90.7 cm³/mol. The fraction of sp³-hybridized carbons (Fsp3) is 0.235. The minimum atomic E-state index is -0.560. The van der Waals surface area contributed by atoms with E-state index >= 15 is 0 Å². The second-order valence-corrected chi connectivity index (χ2v) is 6.25. The summed E-state index contributed by atoms with van der Waals surface area (Å²) in [5.41, 5.74) is 7.75. The topological polar surface area (TPSA) is 103 Å². The first-order chi connectivity index (χ1) is 11.7. The molecule has 24 heavy (non-hydrogen) atoms. The van der Waals surface area contributed by atoms with Gasteiger partial charge in [0.1, 0.15) is 15.9 Å². The number of amides is 1. The molecule has 2 heterocycles. The molecule has 1 amide bonds. The Bertz CT molecular complexity index is 852. The molecule has 0 radical (unpaired) electrons. The van der Waals surface area contributed by atoms with Crippen LogP contribution in [0.2, 0.25) is 0 Å². The number of morpholine rings is 1. The van der Waals surface area contributed by atoms with Crippen molar-refractivity contribution in [3.8, 4) is 23.3 Å². The van der Waals surface area contributed by atoms with Crippen LogP contribution in [0, 0.1) is 22.7 Å². The Kier molecular flexibility index (Phi) is 4.48. The van der Waals surface area contributed by atoms with Crippen molar-refractivity contribution in [3.05, 3.63) is 40.3 Å². The molecular weight excluding hydrogens is 324 g/mol. The highest BCUT2D eigenvalue weighted by Gasteiger charge is 2.26. The molecule has 1 saturated heterocycles. The summed E-state index contributed by atoms with van der Waals surface area (Å²) in [5, 5.41) is 19.3. The Balaban J connectivity index is 2.16. The number of carbonyl (C=O) groups excluding carboxylic acids is 1. The van der Waals surface area contributed by atoms with Gasteiger partial charge >= 0.3 is 0 Å². The standard InChI is InChI=1S/C17H14N4O2S/c18-9-11-1-3-12(4-2-11)14-13(10-19)17(24-15(14)16(20)22)21-5-7-23-8-6-21/h1-4H,5-8H2,(H2,20,22). The van der Waals surface area contributed by atoms with Gasteiger partial charge in [0.05, 0.1) is 30.4 Å². The summed E-state index contributed by atoms with van der Waals surface area (Å²) >= 11 is 1.24. The normalized spacial score (nSPS) is 14.0. The minimum Gasteiger partial charge on any atom is -0.378 e. The van der Waals surface area contributed by atoms with Crippen molar-refractivity contribution in [1.29, 1.82) is 10.5 Å². The summed E-state index contributed by atoms with van der Waals surface area (Å²) in [6, 6.07) is 11.1. The lowest BCUT2D eigenvalue weighted by Gasteiger charge is -2.27. The predicted octanol–water partition coefficient (Wildman–Crippen LogP) is 2.09. The van der Waals surface area contributed by atoms with Crippen LogP contribution in [0.15, 0.2) is 24.3 Å². The molecule has 0 bridgehead atoms. The van der Waals surface area contributed by atoms with Gasteiger partial charge in [-0.05, 0) is 17.7 Å². The van der Waals surface area contributed by atoms with Crippen molar-refractivity contribution in [3.63, 3.8) is 0 Å². The number of hydrogen-bond acceptors (Lipinski definition) is 6. The molecule has 6 nitrogen and oxygen atoms in total. The molecule has 0 atom stereocenters. The van der Waals surface area contributed by atoms with Gasteiger partial charge in [0, 0.05) is 18.7 Å². The van der Waals surface area contributed by atoms with Crippen molar-refractivity contribution in [2.45, 2.75) is 0 Å². The van der Waals surface area contributed by atoms with Crippen molar-refractivity contribution in [2.24, 2.45) is 5.73 Å². The van der Waals surface area contributed by atoms with Gasteiger partial charge in [-0.1, -0.05) is 12.1 Å². The summed E-state index contributed by atoms with van der Waals surface area (Å²) in [6.45, 7) is 2.50. The molecular formula is C17H14N4O2S. The summed E-state index contributed by atoms with van der Waals surface area (Å²) in [6.07, 6.45) is 0. The second-order valence-electron chi connectivity index (χ2n) is 5.25. The van der Waals surface area contributed by atoms with Gasteiger partial charge in [0.25, 0.3) is 5.91 Å². The molecule has 3 rings (SSSR count). The molecule has 0 spiro atoms. The van der Waals surface area contributed by atoms with E-state index in [4.69, 9.17) is 15.7 Å². The molecule has 1 aliphatic heterocycles. The number of rotatable bonds is 3. The van der Waals surface area contributed by atoms with Crippen LogP contribution in [0.5, 0.6) is 0 Å². The molecule has 2 aromatic rings. The van der Waals surface area contributed by atoms with Crippen LogP contribution in [0.25, 0.3) is 11.1 Å². The average molecular weight is 338 g/mol. The van der Waals surface area contributed by atoms with Crippen LogP contribution in [-0.4, -0.2) is 32.2 Å². The number of carbonyl (C=O) groups is 1. The molecule has 0 unspecified atom stereocenters.